The first kappa shape index (κ1) is 36.1. The molecule has 226 valence electrons. The van der Waals surface area contributed by atoms with Crippen LogP contribution in [0.2, 0.25) is 0 Å². The second-order valence-corrected chi connectivity index (χ2v) is 9.78. The van der Waals surface area contributed by atoms with Gasteiger partial charge in [0.15, 0.2) is 0 Å². The zero-order valence-corrected chi connectivity index (χ0v) is 21.2. The molecule has 0 heterocycles. The van der Waals surface area contributed by atoms with Crippen molar-refractivity contribution in [2.24, 2.45) is 0 Å². The first-order valence-electron chi connectivity index (χ1n) is 9.82. The Bertz CT molecular complexity index is 1070. The van der Waals surface area contributed by atoms with Crippen LogP contribution >= 0.6 is 15.6 Å². The fraction of sp³-hybridized carbons (Fsp3) is 0.500. The number of aliphatic carboxylic acids is 4. The molecule has 22 nitrogen and oxygen atoms in total. The van der Waals surface area contributed by atoms with Crippen LogP contribution in [0.15, 0.2) is 0 Å². The Labute approximate surface area is 219 Å². The molecule has 0 fully saturated rings. The molecule has 0 spiro atoms. The van der Waals surface area contributed by atoms with Crippen LogP contribution in [-0.4, -0.2) is 99.0 Å². The van der Waals surface area contributed by atoms with Gasteiger partial charge in [-0.1, -0.05) is 0 Å². The highest BCUT2D eigenvalue weighted by molar-refractivity contribution is 7.47. The number of hydrogen-bond acceptors (Lipinski definition) is 14. The normalized spacial score (nSPS) is 14.4. The Kier molecular flexibility index (Phi) is 12.5. The summed E-state index contributed by atoms with van der Waals surface area (Å²) in [7, 11) is -11.1. The molecule has 0 aromatic carbocycles. The molecule has 0 aromatic rings. The van der Waals surface area contributed by atoms with Crippen molar-refractivity contribution in [1.29, 1.82) is 0 Å². The van der Waals surface area contributed by atoms with Gasteiger partial charge in [-0.2, -0.15) is 0 Å². The monoisotopic (exact) mass is 626 g/mol. The highest BCUT2D eigenvalue weighted by Gasteiger charge is 2.50. The average molecular weight is 626 g/mol. The van der Waals surface area contributed by atoms with Gasteiger partial charge < -0.3 is 38.9 Å². The molecule has 0 amide bonds. The molecule has 0 aromatic heterocycles. The van der Waals surface area contributed by atoms with Crippen LogP contribution < -0.4 is 0 Å². The maximum atomic E-state index is 12.2. The number of phosphoric ester groups is 2. The predicted molar refractivity (Wildman–Crippen MR) is 112 cm³/mol. The lowest BCUT2D eigenvalue weighted by molar-refractivity contribution is -0.189. The Hall–Kier alpha value is -3.94. The van der Waals surface area contributed by atoms with Gasteiger partial charge in [0.05, 0.1) is 38.5 Å². The molecule has 8 N–H and O–H groups in total. The van der Waals surface area contributed by atoms with Gasteiger partial charge in [0.25, 0.3) is 0 Å². The SMILES string of the molecule is O=C(O)CC(CC(=O)OP(=O)(O)O)(OC(=O)CCC(=O)OC(CC(=O)O)(CC(=O)OP(=O)(O)O)C(=O)O)C(=O)O. The summed E-state index contributed by atoms with van der Waals surface area (Å²) < 4.78 is 37.6. The minimum Gasteiger partial charge on any atom is -0.481 e. The first-order chi connectivity index (χ1) is 17.9. The summed E-state index contributed by atoms with van der Waals surface area (Å²) in [5.74, 6) is -16.2. The number of carbonyl (C=O) groups is 8. The van der Waals surface area contributed by atoms with Crippen LogP contribution in [0.4, 0.5) is 0 Å². The van der Waals surface area contributed by atoms with E-state index in [4.69, 9.17) is 29.8 Å². The van der Waals surface area contributed by atoms with Crippen LogP contribution in [0.5, 0.6) is 0 Å². The van der Waals surface area contributed by atoms with E-state index in [9.17, 15) is 57.7 Å². The molecular weight excluding hydrogens is 606 g/mol. The number of carboxylic acid groups (broad SMARTS) is 4. The molecule has 0 bridgehead atoms. The quantitative estimate of drug-likeness (QED) is 0.0610. The molecule has 0 aliphatic rings. The maximum absolute atomic E-state index is 12.2. The van der Waals surface area contributed by atoms with Crippen molar-refractivity contribution in [1.82, 2.24) is 0 Å². The topological polar surface area (TPSA) is 369 Å². The smallest absolute Gasteiger partial charge is 0.481 e. The molecule has 24 heteroatoms. The standard InChI is InChI=1S/C16H20O22P2/c17-7(18)3-15(13(25)26,5-11(23)37-39(29,30)31)35-9(21)1-2-10(22)36-16(14(27)28,4-8(19)20)6-12(24)38-40(32,33)34/h1-6H2,(H,17,18)(H,19,20)(H,25,26)(H,27,28)(H2,29,30,31)(H2,32,33,34). The van der Waals surface area contributed by atoms with Crippen LogP contribution in [0, 0.1) is 0 Å². The van der Waals surface area contributed by atoms with Gasteiger partial charge in [-0.15, -0.1) is 0 Å². The summed E-state index contributed by atoms with van der Waals surface area (Å²) in [4.78, 5) is 128. The van der Waals surface area contributed by atoms with Crippen molar-refractivity contribution >= 4 is 63.4 Å². The molecule has 2 unspecified atom stereocenters. The van der Waals surface area contributed by atoms with Crippen molar-refractivity contribution in [3.8, 4) is 0 Å². The molecular formula is C16H20O22P2. The minimum atomic E-state index is -5.55. The fourth-order valence-corrected chi connectivity index (χ4v) is 3.35. The molecule has 0 aliphatic heterocycles. The zero-order valence-electron chi connectivity index (χ0n) is 19.4. The largest absolute Gasteiger partial charge is 0.526 e. The van der Waals surface area contributed by atoms with Gasteiger partial charge >= 0.3 is 63.4 Å². The Balaban J connectivity index is 5.81. The number of ether oxygens (including phenoxy) is 2. The lowest BCUT2D eigenvalue weighted by Gasteiger charge is -2.28. The zero-order chi connectivity index (χ0) is 31.7. The van der Waals surface area contributed by atoms with E-state index in [1.807, 2.05) is 0 Å². The van der Waals surface area contributed by atoms with Crippen molar-refractivity contribution in [2.75, 3.05) is 0 Å². The molecule has 2 atom stereocenters. The third-order valence-corrected chi connectivity index (χ3v) is 4.99. The Morgan fingerprint density at radius 3 is 0.975 bits per heavy atom. The average Bonchev–Trinajstić information content (AvgIpc) is 2.67. The predicted octanol–water partition coefficient (Wildman–Crippen LogP) is -2.50. The van der Waals surface area contributed by atoms with Gasteiger partial charge in [0.1, 0.15) is 0 Å². The molecule has 0 saturated heterocycles. The van der Waals surface area contributed by atoms with Gasteiger partial charge in [-0.05, 0) is 0 Å². The number of rotatable bonds is 17. The highest BCUT2D eigenvalue weighted by atomic mass is 31.2. The summed E-state index contributed by atoms with van der Waals surface area (Å²) in [5, 5.41) is 36.6. The van der Waals surface area contributed by atoms with Crippen molar-refractivity contribution in [3.63, 3.8) is 0 Å². The van der Waals surface area contributed by atoms with E-state index in [1.165, 1.54) is 0 Å². The van der Waals surface area contributed by atoms with Gasteiger partial charge in [-0.25, -0.2) is 18.7 Å². The third-order valence-electron chi connectivity index (χ3n) is 4.11. The Morgan fingerprint density at radius 2 is 0.775 bits per heavy atom. The van der Waals surface area contributed by atoms with Gasteiger partial charge in [0.2, 0.25) is 11.2 Å². The third kappa shape index (κ3) is 13.2. The summed E-state index contributed by atoms with van der Waals surface area (Å²) in [6.45, 7) is 0. The van der Waals surface area contributed by atoms with E-state index in [0.29, 0.717) is 0 Å². The molecule has 0 saturated carbocycles. The fourth-order valence-electron chi connectivity index (χ4n) is 2.69. The summed E-state index contributed by atoms with van der Waals surface area (Å²) >= 11 is 0. The Morgan fingerprint density at radius 1 is 0.500 bits per heavy atom. The van der Waals surface area contributed by atoms with E-state index in [1.54, 1.807) is 0 Å². The van der Waals surface area contributed by atoms with E-state index in [0.717, 1.165) is 0 Å². The number of phosphoric acid groups is 2. The van der Waals surface area contributed by atoms with Crippen LogP contribution in [-0.2, 0) is 66.0 Å². The van der Waals surface area contributed by atoms with E-state index >= 15 is 0 Å². The van der Waals surface area contributed by atoms with Crippen molar-refractivity contribution in [2.45, 2.75) is 49.7 Å². The second kappa shape index (κ2) is 13.9. The lowest BCUT2D eigenvalue weighted by atomic mass is 9.95. The summed E-state index contributed by atoms with van der Waals surface area (Å²) in [5.41, 5.74) is -6.67. The van der Waals surface area contributed by atoms with Crippen LogP contribution in [0.25, 0.3) is 0 Å². The van der Waals surface area contributed by atoms with Crippen LogP contribution in [0.3, 0.4) is 0 Å². The van der Waals surface area contributed by atoms with E-state index in [2.05, 4.69) is 18.5 Å². The summed E-state index contributed by atoms with van der Waals surface area (Å²) in [6.07, 6.45) is -9.40. The minimum absolute atomic E-state index is 1.28. The second-order valence-electron chi connectivity index (χ2n) is 7.45. The molecule has 0 radical (unpaired) electrons. The van der Waals surface area contributed by atoms with Crippen molar-refractivity contribution < 1.29 is 106 Å². The van der Waals surface area contributed by atoms with Crippen LogP contribution in [0.1, 0.15) is 38.5 Å². The molecule has 0 rings (SSSR count). The number of hydrogen-bond donors (Lipinski definition) is 8. The first-order valence-corrected chi connectivity index (χ1v) is 12.9. The molecule has 40 heavy (non-hydrogen) atoms. The number of carbonyl (C=O) groups excluding carboxylic acids is 4. The maximum Gasteiger partial charge on any atom is 0.526 e. The van der Waals surface area contributed by atoms with Gasteiger partial charge in [-0.3, -0.25) is 48.3 Å². The summed E-state index contributed by atoms with van der Waals surface area (Å²) in [6, 6.07) is 0. The number of esters is 2. The van der Waals surface area contributed by atoms with Gasteiger partial charge in [0, 0.05) is 0 Å². The van der Waals surface area contributed by atoms with E-state index in [-0.39, 0.29) is 0 Å². The lowest BCUT2D eigenvalue weighted by Crippen LogP contribution is -2.48. The van der Waals surface area contributed by atoms with E-state index < -0.39 is 113 Å². The number of carboxylic acids is 4. The van der Waals surface area contributed by atoms with Crippen molar-refractivity contribution in [3.05, 3.63) is 0 Å². The highest BCUT2D eigenvalue weighted by Crippen LogP contribution is 2.38. The molecule has 0 aliphatic carbocycles.